The van der Waals surface area contributed by atoms with Crippen molar-refractivity contribution in [1.82, 2.24) is 0 Å². The van der Waals surface area contributed by atoms with E-state index in [1.165, 1.54) is 65.4 Å². The lowest BCUT2D eigenvalue weighted by Gasteiger charge is -2.40. The largest absolute Gasteiger partial charge is 0.457 e. The first-order chi connectivity index (χ1) is 32.7. The van der Waals surface area contributed by atoms with Gasteiger partial charge in [0.15, 0.2) is 5.58 Å². The molecule has 0 saturated carbocycles. The molecule has 1 aromatic heterocycles. The lowest BCUT2D eigenvalue weighted by molar-refractivity contribution is 0.436. The molecule has 0 saturated heterocycles. The van der Waals surface area contributed by atoms with Gasteiger partial charge in [0.1, 0.15) is 17.1 Å². The predicted molar refractivity (Wildman–Crippen MR) is 267 cm³/mol. The second-order valence-electron chi connectivity index (χ2n) is 17.8. The minimum atomic E-state index is -0.624. The first kappa shape index (κ1) is 36.3. The molecular weight excluding hydrogens is 823 g/mol. The van der Waals surface area contributed by atoms with Gasteiger partial charge in [0, 0.05) is 43.1 Å². The molecule has 2 spiro atoms. The zero-order chi connectivity index (χ0) is 43.1. The number of hydrogen-bond donors (Lipinski definition) is 0. The summed E-state index contributed by atoms with van der Waals surface area (Å²) >= 11 is 1.88. The molecule has 0 fully saturated rings. The summed E-state index contributed by atoms with van der Waals surface area (Å²) in [4.78, 5) is 5.02. The molecular formula is C62H37NO2S. The molecule has 0 N–H and O–H groups in total. The van der Waals surface area contributed by atoms with Crippen molar-refractivity contribution in [3.05, 3.63) is 269 Å². The van der Waals surface area contributed by atoms with Crippen LogP contribution in [0.15, 0.2) is 239 Å². The molecule has 0 bridgehead atoms. The van der Waals surface area contributed by atoms with Gasteiger partial charge in [-0.15, -0.1) is 0 Å². The highest BCUT2D eigenvalue weighted by molar-refractivity contribution is 7.99. The average Bonchev–Trinajstić information content (AvgIpc) is 4.00. The van der Waals surface area contributed by atoms with Crippen molar-refractivity contribution in [2.75, 3.05) is 4.90 Å². The number of furan rings is 1. The van der Waals surface area contributed by atoms with Crippen molar-refractivity contribution in [2.45, 2.75) is 20.6 Å². The van der Waals surface area contributed by atoms with Gasteiger partial charge >= 0.3 is 0 Å². The number of nitrogens with zero attached hydrogens (tertiary/aromatic N) is 1. The molecule has 15 rings (SSSR count). The maximum Gasteiger partial charge on any atom is 0.159 e. The molecule has 4 aliphatic rings. The lowest BCUT2D eigenvalue weighted by atomic mass is 9.66. The van der Waals surface area contributed by atoms with Crippen LogP contribution in [0.25, 0.3) is 44.2 Å². The van der Waals surface area contributed by atoms with Gasteiger partial charge in [-0.25, -0.2) is 0 Å². The van der Waals surface area contributed by atoms with E-state index >= 15 is 0 Å². The third-order valence-corrected chi connectivity index (χ3v) is 16.0. The molecule has 4 heteroatoms. The minimum absolute atomic E-state index is 0.531. The van der Waals surface area contributed by atoms with Crippen molar-refractivity contribution in [1.29, 1.82) is 0 Å². The van der Waals surface area contributed by atoms with Gasteiger partial charge in [0.25, 0.3) is 0 Å². The second-order valence-corrected chi connectivity index (χ2v) is 18.9. The Kier molecular flexibility index (Phi) is 7.29. The Hall–Kier alpha value is -8.05. The van der Waals surface area contributed by atoms with Crippen molar-refractivity contribution >= 4 is 50.8 Å². The fourth-order valence-corrected chi connectivity index (χ4v) is 13.5. The van der Waals surface area contributed by atoms with Crippen LogP contribution in [0.5, 0.6) is 11.5 Å². The van der Waals surface area contributed by atoms with Crippen LogP contribution in [0.4, 0.5) is 17.1 Å². The van der Waals surface area contributed by atoms with Crippen LogP contribution in [0.2, 0.25) is 0 Å². The highest BCUT2D eigenvalue weighted by Crippen LogP contribution is 2.65. The third kappa shape index (κ3) is 4.54. The number of benzene rings is 10. The Morgan fingerprint density at radius 3 is 1.41 bits per heavy atom. The summed E-state index contributed by atoms with van der Waals surface area (Å²) < 4.78 is 13.7. The molecule has 66 heavy (non-hydrogen) atoms. The Morgan fingerprint density at radius 2 is 0.803 bits per heavy atom. The summed E-state index contributed by atoms with van der Waals surface area (Å²) in [5.41, 5.74) is 18.6. The van der Waals surface area contributed by atoms with E-state index in [1.54, 1.807) is 0 Å². The van der Waals surface area contributed by atoms with E-state index in [0.717, 1.165) is 61.6 Å². The summed E-state index contributed by atoms with van der Waals surface area (Å²) in [5.74, 6) is 1.76. The molecule has 2 aliphatic carbocycles. The van der Waals surface area contributed by atoms with Crippen molar-refractivity contribution in [2.24, 2.45) is 0 Å². The van der Waals surface area contributed by atoms with Gasteiger partial charge in [0.2, 0.25) is 0 Å². The fourth-order valence-electron chi connectivity index (χ4n) is 12.3. The number of hydrogen-bond acceptors (Lipinski definition) is 4. The van der Waals surface area contributed by atoms with E-state index in [2.05, 4.69) is 229 Å². The predicted octanol–water partition coefficient (Wildman–Crippen LogP) is 16.4. The second kappa shape index (κ2) is 13.3. The third-order valence-electron chi connectivity index (χ3n) is 14.8. The lowest BCUT2D eigenvalue weighted by Crippen LogP contribution is -2.32. The summed E-state index contributed by atoms with van der Waals surface area (Å²) in [6.07, 6.45) is 0. The van der Waals surface area contributed by atoms with E-state index in [1.807, 2.05) is 11.8 Å². The van der Waals surface area contributed by atoms with E-state index in [4.69, 9.17) is 9.15 Å². The zero-order valence-corrected chi connectivity index (χ0v) is 36.4. The minimum Gasteiger partial charge on any atom is -0.457 e. The molecule has 2 aliphatic heterocycles. The maximum atomic E-state index is 6.94. The van der Waals surface area contributed by atoms with E-state index < -0.39 is 10.8 Å². The summed E-state index contributed by atoms with van der Waals surface area (Å²) in [6.45, 7) is 0. The molecule has 10 aromatic carbocycles. The zero-order valence-electron chi connectivity index (χ0n) is 35.5. The van der Waals surface area contributed by atoms with Crippen molar-refractivity contribution in [3.8, 4) is 33.8 Å². The molecule has 3 heterocycles. The van der Waals surface area contributed by atoms with Crippen molar-refractivity contribution in [3.63, 3.8) is 0 Å². The number of anilines is 3. The Morgan fingerprint density at radius 1 is 0.348 bits per heavy atom. The van der Waals surface area contributed by atoms with Crippen LogP contribution in [-0.2, 0) is 10.8 Å². The summed E-state index contributed by atoms with van der Waals surface area (Å²) in [7, 11) is 0. The summed E-state index contributed by atoms with van der Waals surface area (Å²) in [6, 6.07) is 82.5. The quantitative estimate of drug-likeness (QED) is 0.177. The van der Waals surface area contributed by atoms with Gasteiger partial charge < -0.3 is 14.1 Å². The topological polar surface area (TPSA) is 25.6 Å². The van der Waals surface area contributed by atoms with E-state index in [9.17, 15) is 0 Å². The highest BCUT2D eigenvalue weighted by Gasteiger charge is 2.52. The van der Waals surface area contributed by atoms with Gasteiger partial charge in [-0.2, -0.15) is 0 Å². The van der Waals surface area contributed by atoms with Gasteiger partial charge in [-0.1, -0.05) is 176 Å². The van der Waals surface area contributed by atoms with Crippen LogP contribution in [0.1, 0.15) is 44.5 Å². The smallest absolute Gasteiger partial charge is 0.159 e. The first-order valence-electron chi connectivity index (χ1n) is 22.7. The normalized spacial score (nSPS) is 14.7. The number of rotatable bonds is 3. The first-order valence-corrected chi connectivity index (χ1v) is 23.5. The summed E-state index contributed by atoms with van der Waals surface area (Å²) in [5, 5.41) is 2.19. The van der Waals surface area contributed by atoms with Crippen LogP contribution in [0, 0.1) is 0 Å². The average molecular weight is 860 g/mol. The maximum absolute atomic E-state index is 6.94. The van der Waals surface area contributed by atoms with Gasteiger partial charge in [-0.05, 0) is 116 Å². The number of fused-ring (bicyclic) bond motifs is 21. The highest BCUT2D eigenvalue weighted by atomic mass is 32.2. The van der Waals surface area contributed by atoms with Gasteiger partial charge in [-0.3, -0.25) is 0 Å². The molecule has 0 amide bonds. The fraction of sp³-hybridized carbons (Fsp3) is 0.0323. The number of ether oxygens (including phenoxy) is 1. The van der Waals surface area contributed by atoms with E-state index in [0.29, 0.717) is 0 Å². The molecule has 0 unspecified atom stereocenters. The van der Waals surface area contributed by atoms with Gasteiger partial charge in [0.05, 0.1) is 16.5 Å². The van der Waals surface area contributed by atoms with E-state index in [-0.39, 0.29) is 0 Å². The molecule has 0 radical (unpaired) electrons. The van der Waals surface area contributed by atoms with Crippen LogP contribution >= 0.6 is 11.8 Å². The van der Waals surface area contributed by atoms with Crippen molar-refractivity contribution < 1.29 is 9.15 Å². The SMILES string of the molecule is c1ccc2c(c1)Oc1ccccc1C21c2ccccc2-c2ccc(N(c3ccc4c(c3)C3(c5ccccc5Sc5ccccc53)c3ccccc3-4)c3cccc4c3oc3ccccc34)cc21. The molecule has 3 nitrogen and oxygen atoms in total. The standard InChI is InChI=1S/C62H37NO2S/c1-4-20-46-40(16-1)42-34-32-38(36-52(42)61(46)48-22-6-11-28-56(48)64-57-29-12-7-23-49(57)61)63(54-26-15-19-45-44-18-3-10-27-55(44)65-60(45)54)39-33-35-43-41-17-2-5-21-47(41)62(53(43)37-39)50-24-8-13-30-58(50)66-59-31-14-9-25-51(59)62/h1-37H. The molecule has 308 valence electrons. The van der Waals surface area contributed by atoms with Crippen LogP contribution in [0.3, 0.4) is 0 Å². The van der Waals surface area contributed by atoms with Crippen LogP contribution < -0.4 is 9.64 Å². The molecule has 0 atom stereocenters. The number of para-hydroxylation sites is 4. The Balaban J connectivity index is 1.04. The Labute approximate surface area is 386 Å². The monoisotopic (exact) mass is 859 g/mol. The molecule has 11 aromatic rings. The van der Waals surface area contributed by atoms with Crippen LogP contribution in [-0.4, -0.2) is 0 Å². The Bertz CT molecular complexity index is 3590.